The molecule has 5 nitrogen and oxygen atoms in total. The highest BCUT2D eigenvalue weighted by Crippen LogP contribution is 2.36. The molecule has 4 aromatic carbocycles. The van der Waals surface area contributed by atoms with Gasteiger partial charge in [-0.1, -0.05) is 66.7 Å². The number of ketones is 1. The number of carbonyl (C=O) groups is 2. The number of hydrogen-bond donors (Lipinski definition) is 0. The van der Waals surface area contributed by atoms with Crippen molar-refractivity contribution in [2.75, 3.05) is 14.2 Å². The van der Waals surface area contributed by atoms with Gasteiger partial charge >= 0.3 is 5.97 Å². The molecule has 194 valence electrons. The summed E-state index contributed by atoms with van der Waals surface area (Å²) >= 11 is 0. The second-order valence-electron chi connectivity index (χ2n) is 9.77. The summed E-state index contributed by atoms with van der Waals surface area (Å²) in [6, 6.07) is 26.5. The van der Waals surface area contributed by atoms with E-state index < -0.39 is 18.0 Å². The zero-order chi connectivity index (χ0) is 26.9. The van der Waals surface area contributed by atoms with Crippen molar-refractivity contribution < 1.29 is 23.8 Å². The summed E-state index contributed by atoms with van der Waals surface area (Å²) in [5, 5.41) is 2.16. The SMILES string of the molecule is COc1ccc(C(=O)C2CC=c3c(ccc4c3=CCc3ccccc3-4)C2OC(=O)c2ccccc2)cc1OC. The Morgan fingerprint density at radius 1 is 0.718 bits per heavy atom. The van der Waals surface area contributed by atoms with E-state index in [2.05, 4.69) is 42.5 Å². The molecule has 0 aromatic heterocycles. The van der Waals surface area contributed by atoms with E-state index in [1.54, 1.807) is 56.7 Å². The number of Topliss-reactive ketones (excluding diaryl/α,β-unsaturated/α-hetero) is 1. The standard InChI is InChI=1S/C34H28O5/c1-37-30-19-13-23(20-31(30)38-2)32(35)29-18-16-27-26-14-12-21-8-6-7-11-24(21)25(26)15-17-28(27)33(29)39-34(36)22-9-4-3-5-10-22/h3-11,13-17,19-20,29,33H,12,18H2,1-2H3. The Kier molecular flexibility index (Phi) is 6.49. The van der Waals surface area contributed by atoms with Crippen LogP contribution in [0.4, 0.5) is 0 Å². The van der Waals surface area contributed by atoms with Gasteiger partial charge in [-0.25, -0.2) is 4.79 Å². The molecule has 0 radical (unpaired) electrons. The van der Waals surface area contributed by atoms with Crippen LogP contribution in [0.1, 0.15) is 44.4 Å². The summed E-state index contributed by atoms with van der Waals surface area (Å²) in [6.45, 7) is 0. The molecule has 2 unspecified atom stereocenters. The van der Waals surface area contributed by atoms with Gasteiger partial charge in [0.25, 0.3) is 0 Å². The van der Waals surface area contributed by atoms with Crippen LogP contribution < -0.4 is 19.9 Å². The Morgan fingerprint density at radius 3 is 2.28 bits per heavy atom. The lowest BCUT2D eigenvalue weighted by Crippen LogP contribution is -2.40. The van der Waals surface area contributed by atoms with Crippen LogP contribution in [0.2, 0.25) is 0 Å². The largest absolute Gasteiger partial charge is 0.493 e. The maximum Gasteiger partial charge on any atom is 0.338 e. The molecule has 0 fully saturated rings. The summed E-state index contributed by atoms with van der Waals surface area (Å²) in [7, 11) is 3.10. The number of carbonyl (C=O) groups excluding carboxylic acids is 2. The highest BCUT2D eigenvalue weighted by atomic mass is 16.5. The fourth-order valence-corrected chi connectivity index (χ4v) is 5.69. The van der Waals surface area contributed by atoms with Gasteiger partial charge in [0, 0.05) is 11.1 Å². The molecule has 0 heterocycles. The molecule has 2 atom stereocenters. The summed E-state index contributed by atoms with van der Waals surface area (Å²) in [5.74, 6) is -0.133. The van der Waals surface area contributed by atoms with Gasteiger partial charge in [0.2, 0.25) is 0 Å². The number of fused-ring (bicyclic) bond motifs is 5. The molecule has 0 saturated carbocycles. The second kappa shape index (κ2) is 10.3. The molecule has 0 N–H and O–H groups in total. The molecule has 5 heteroatoms. The zero-order valence-electron chi connectivity index (χ0n) is 21.8. The number of benzene rings is 4. The zero-order valence-corrected chi connectivity index (χ0v) is 21.8. The highest BCUT2D eigenvalue weighted by molar-refractivity contribution is 6.00. The third-order valence-electron chi connectivity index (χ3n) is 7.65. The van der Waals surface area contributed by atoms with Gasteiger partial charge in [0.1, 0.15) is 6.10 Å². The van der Waals surface area contributed by atoms with Crippen LogP contribution in [0.15, 0.2) is 84.9 Å². The third-order valence-corrected chi connectivity index (χ3v) is 7.65. The molecule has 0 saturated heterocycles. The van der Waals surface area contributed by atoms with Crippen molar-refractivity contribution in [2.45, 2.75) is 18.9 Å². The minimum atomic E-state index is -0.742. The van der Waals surface area contributed by atoms with Crippen LogP contribution in [0.3, 0.4) is 0 Å². The lowest BCUT2D eigenvalue weighted by Gasteiger charge is -2.30. The highest BCUT2D eigenvalue weighted by Gasteiger charge is 2.36. The fourth-order valence-electron chi connectivity index (χ4n) is 5.69. The summed E-state index contributed by atoms with van der Waals surface area (Å²) in [5.41, 5.74) is 5.43. The van der Waals surface area contributed by atoms with E-state index in [1.807, 2.05) is 12.1 Å². The quantitative estimate of drug-likeness (QED) is 0.258. The molecule has 4 aromatic rings. The first kappa shape index (κ1) is 24.7. The number of esters is 1. The van der Waals surface area contributed by atoms with E-state index in [0.29, 0.717) is 29.0 Å². The van der Waals surface area contributed by atoms with E-state index >= 15 is 0 Å². The molecule has 2 aliphatic carbocycles. The normalized spacial score (nSPS) is 16.9. The Balaban J connectivity index is 1.45. The van der Waals surface area contributed by atoms with Crippen molar-refractivity contribution >= 4 is 23.9 Å². The smallest absolute Gasteiger partial charge is 0.338 e. The average Bonchev–Trinajstić information content (AvgIpc) is 3.00. The van der Waals surface area contributed by atoms with E-state index in [4.69, 9.17) is 14.2 Å². The number of ether oxygens (including phenoxy) is 3. The van der Waals surface area contributed by atoms with Crippen molar-refractivity contribution in [3.63, 3.8) is 0 Å². The molecule has 0 amide bonds. The molecule has 0 aliphatic heterocycles. The summed E-state index contributed by atoms with van der Waals surface area (Å²) in [6.07, 6.45) is 4.89. The van der Waals surface area contributed by atoms with Crippen LogP contribution in [-0.4, -0.2) is 26.0 Å². The predicted molar refractivity (Wildman–Crippen MR) is 150 cm³/mol. The number of hydrogen-bond acceptors (Lipinski definition) is 5. The molecule has 39 heavy (non-hydrogen) atoms. The molecule has 0 spiro atoms. The lowest BCUT2D eigenvalue weighted by molar-refractivity contribution is 0.0139. The van der Waals surface area contributed by atoms with Gasteiger partial charge in [0.15, 0.2) is 17.3 Å². The van der Waals surface area contributed by atoms with Gasteiger partial charge in [-0.3, -0.25) is 4.79 Å². The third kappa shape index (κ3) is 4.40. The minimum absolute atomic E-state index is 0.115. The Hall–Kier alpha value is -4.64. The van der Waals surface area contributed by atoms with Crippen molar-refractivity contribution in [3.05, 3.63) is 118 Å². The van der Waals surface area contributed by atoms with Crippen LogP contribution >= 0.6 is 0 Å². The minimum Gasteiger partial charge on any atom is -0.493 e. The first-order chi connectivity index (χ1) is 19.1. The Labute approximate surface area is 227 Å². The van der Waals surface area contributed by atoms with Gasteiger partial charge in [-0.2, -0.15) is 0 Å². The van der Waals surface area contributed by atoms with Crippen LogP contribution in [-0.2, 0) is 11.2 Å². The lowest BCUT2D eigenvalue weighted by atomic mass is 9.79. The molecular formula is C34H28O5. The van der Waals surface area contributed by atoms with Crippen molar-refractivity contribution in [3.8, 4) is 22.6 Å². The average molecular weight is 517 g/mol. The van der Waals surface area contributed by atoms with Crippen molar-refractivity contribution in [1.29, 1.82) is 0 Å². The molecule has 2 aliphatic rings. The first-order valence-corrected chi connectivity index (χ1v) is 13.0. The van der Waals surface area contributed by atoms with Gasteiger partial charge in [-0.05, 0) is 70.3 Å². The summed E-state index contributed by atoms with van der Waals surface area (Å²) < 4.78 is 17.0. The van der Waals surface area contributed by atoms with Gasteiger partial charge < -0.3 is 14.2 Å². The maximum atomic E-state index is 13.9. The van der Waals surface area contributed by atoms with Crippen molar-refractivity contribution in [2.24, 2.45) is 5.92 Å². The van der Waals surface area contributed by atoms with Crippen LogP contribution in [0.25, 0.3) is 23.3 Å². The Morgan fingerprint density at radius 2 is 1.49 bits per heavy atom. The van der Waals surface area contributed by atoms with Crippen LogP contribution in [0, 0.1) is 5.92 Å². The number of methoxy groups -OCH3 is 2. The topological polar surface area (TPSA) is 61.8 Å². The monoisotopic (exact) mass is 516 g/mol. The summed E-state index contributed by atoms with van der Waals surface area (Å²) in [4.78, 5) is 27.2. The maximum absolute atomic E-state index is 13.9. The predicted octanol–water partition coefficient (Wildman–Crippen LogP) is 5.29. The van der Waals surface area contributed by atoms with E-state index in [1.165, 1.54) is 11.1 Å². The molecule has 6 rings (SSSR count). The number of rotatable bonds is 6. The van der Waals surface area contributed by atoms with Crippen LogP contribution in [0.5, 0.6) is 11.5 Å². The van der Waals surface area contributed by atoms with Gasteiger partial charge in [-0.15, -0.1) is 0 Å². The van der Waals surface area contributed by atoms with E-state index in [-0.39, 0.29) is 5.78 Å². The fraction of sp³-hybridized carbons (Fsp3) is 0.176. The molecular weight excluding hydrogens is 488 g/mol. The Bertz CT molecular complexity index is 1700. The van der Waals surface area contributed by atoms with Gasteiger partial charge in [0.05, 0.1) is 25.7 Å². The molecule has 0 bridgehead atoms. The van der Waals surface area contributed by atoms with E-state index in [0.717, 1.165) is 28.0 Å². The van der Waals surface area contributed by atoms with E-state index in [9.17, 15) is 9.59 Å². The first-order valence-electron chi connectivity index (χ1n) is 13.0. The second-order valence-corrected chi connectivity index (χ2v) is 9.77. The van der Waals surface area contributed by atoms with Crippen molar-refractivity contribution in [1.82, 2.24) is 0 Å².